The lowest BCUT2D eigenvalue weighted by Crippen LogP contribution is -2.29. The maximum absolute atomic E-state index is 13.1. The lowest BCUT2D eigenvalue weighted by Gasteiger charge is -2.14. The molecule has 38 heavy (non-hydrogen) atoms. The van der Waals surface area contributed by atoms with Crippen LogP contribution in [0.25, 0.3) is 0 Å². The van der Waals surface area contributed by atoms with E-state index in [2.05, 4.69) is 0 Å². The Balaban J connectivity index is 1.27. The zero-order chi connectivity index (χ0) is 26.6. The van der Waals surface area contributed by atoms with E-state index >= 15 is 0 Å². The molecule has 2 amide bonds. The normalized spacial score (nSPS) is 12.2. The van der Waals surface area contributed by atoms with Gasteiger partial charge in [-0.25, -0.2) is 14.5 Å². The number of Topliss-reactive ketones (excluding diaryl/α,β-unsaturated/α-hetero) is 1. The molecule has 0 aliphatic carbocycles. The molecule has 1 aliphatic heterocycles. The molecule has 0 N–H and O–H groups in total. The number of carbonyl (C=O) groups is 5. The van der Waals surface area contributed by atoms with Crippen LogP contribution in [0.2, 0.25) is 0 Å². The molecule has 0 saturated heterocycles. The zero-order valence-corrected chi connectivity index (χ0v) is 19.8. The minimum absolute atomic E-state index is 0.0698. The Morgan fingerprint density at radius 1 is 0.605 bits per heavy atom. The first-order valence-corrected chi connectivity index (χ1v) is 11.6. The standard InChI is InChI=1S/C30H19NO7/c32-26(19-7-3-1-4-8-19)18-37-29(35)20-11-14-22(15-12-20)31-27(33)24-16-13-21(17-25(24)28(31)34)30(36)38-23-9-5-2-6-10-23/h1-17H,18H2. The van der Waals surface area contributed by atoms with Gasteiger partial charge in [-0.3, -0.25) is 14.4 Å². The predicted molar refractivity (Wildman–Crippen MR) is 136 cm³/mol. The lowest BCUT2D eigenvalue weighted by atomic mass is 10.1. The summed E-state index contributed by atoms with van der Waals surface area (Å²) in [5.74, 6) is -2.53. The first-order valence-electron chi connectivity index (χ1n) is 11.6. The fraction of sp³-hybridized carbons (Fsp3) is 0.0333. The molecule has 0 bridgehead atoms. The number of fused-ring (bicyclic) bond motifs is 1. The predicted octanol–water partition coefficient (Wildman–Crippen LogP) is 4.75. The molecular formula is C30H19NO7. The third kappa shape index (κ3) is 4.83. The molecule has 0 unspecified atom stereocenters. The fourth-order valence-corrected chi connectivity index (χ4v) is 3.93. The van der Waals surface area contributed by atoms with Gasteiger partial charge in [0.05, 0.1) is 27.9 Å². The molecule has 186 valence electrons. The van der Waals surface area contributed by atoms with Crippen molar-refractivity contribution < 1.29 is 33.4 Å². The number of ketones is 1. The number of hydrogen-bond donors (Lipinski definition) is 0. The molecule has 4 aromatic rings. The van der Waals surface area contributed by atoms with Crippen molar-refractivity contribution in [2.75, 3.05) is 11.5 Å². The number of benzene rings is 4. The number of para-hydroxylation sites is 1. The molecule has 1 aliphatic rings. The largest absolute Gasteiger partial charge is 0.454 e. The number of imide groups is 1. The van der Waals surface area contributed by atoms with Crippen molar-refractivity contribution in [2.45, 2.75) is 0 Å². The highest BCUT2D eigenvalue weighted by Crippen LogP contribution is 2.30. The van der Waals surface area contributed by atoms with Gasteiger partial charge in [-0.2, -0.15) is 0 Å². The third-order valence-corrected chi connectivity index (χ3v) is 5.87. The van der Waals surface area contributed by atoms with Crippen molar-refractivity contribution in [3.8, 4) is 5.75 Å². The van der Waals surface area contributed by atoms with Crippen LogP contribution in [0.3, 0.4) is 0 Å². The van der Waals surface area contributed by atoms with E-state index in [1.807, 2.05) is 0 Å². The monoisotopic (exact) mass is 505 g/mol. The van der Waals surface area contributed by atoms with Crippen molar-refractivity contribution in [1.29, 1.82) is 0 Å². The molecule has 8 heteroatoms. The summed E-state index contributed by atoms with van der Waals surface area (Å²) in [6.07, 6.45) is 0. The van der Waals surface area contributed by atoms with Crippen molar-refractivity contribution in [3.05, 3.63) is 131 Å². The van der Waals surface area contributed by atoms with Crippen molar-refractivity contribution >= 4 is 35.2 Å². The van der Waals surface area contributed by atoms with Gasteiger partial charge >= 0.3 is 11.9 Å². The Hall–Kier alpha value is -5.37. The Morgan fingerprint density at radius 3 is 1.89 bits per heavy atom. The summed E-state index contributed by atoms with van der Waals surface area (Å²) in [6.45, 7) is -0.419. The average molecular weight is 505 g/mol. The Morgan fingerprint density at radius 2 is 1.21 bits per heavy atom. The molecule has 5 rings (SSSR count). The second-order valence-electron chi connectivity index (χ2n) is 8.32. The van der Waals surface area contributed by atoms with Crippen LogP contribution in [-0.2, 0) is 4.74 Å². The van der Waals surface area contributed by atoms with Crippen molar-refractivity contribution in [2.24, 2.45) is 0 Å². The van der Waals surface area contributed by atoms with E-state index in [-0.39, 0.29) is 33.7 Å². The molecule has 1 heterocycles. The first-order chi connectivity index (χ1) is 18.4. The number of esters is 2. The van der Waals surface area contributed by atoms with E-state index in [0.29, 0.717) is 11.3 Å². The number of anilines is 1. The number of carbonyl (C=O) groups excluding carboxylic acids is 5. The van der Waals surface area contributed by atoms with E-state index in [4.69, 9.17) is 9.47 Å². The van der Waals surface area contributed by atoms with Gasteiger partial charge in [-0.1, -0.05) is 48.5 Å². The highest BCUT2D eigenvalue weighted by molar-refractivity contribution is 6.34. The van der Waals surface area contributed by atoms with E-state index < -0.39 is 30.4 Å². The van der Waals surface area contributed by atoms with Crippen LogP contribution in [0.15, 0.2) is 103 Å². The van der Waals surface area contributed by atoms with Gasteiger partial charge in [0.1, 0.15) is 5.75 Å². The van der Waals surface area contributed by atoms with Gasteiger partial charge < -0.3 is 9.47 Å². The molecule has 0 radical (unpaired) electrons. The topological polar surface area (TPSA) is 107 Å². The summed E-state index contributed by atoms with van der Waals surface area (Å²) in [4.78, 5) is 64.1. The van der Waals surface area contributed by atoms with E-state index in [0.717, 1.165) is 4.90 Å². The maximum atomic E-state index is 13.1. The van der Waals surface area contributed by atoms with Gasteiger partial charge in [0, 0.05) is 5.56 Å². The third-order valence-electron chi connectivity index (χ3n) is 5.87. The van der Waals surface area contributed by atoms with Crippen molar-refractivity contribution in [3.63, 3.8) is 0 Å². The van der Waals surface area contributed by atoms with Crippen LogP contribution in [-0.4, -0.2) is 36.1 Å². The van der Waals surface area contributed by atoms with Crippen LogP contribution in [0.1, 0.15) is 51.8 Å². The summed E-state index contributed by atoms with van der Waals surface area (Å²) >= 11 is 0. The van der Waals surface area contributed by atoms with Gasteiger partial charge in [0.15, 0.2) is 12.4 Å². The Bertz CT molecular complexity index is 1560. The van der Waals surface area contributed by atoms with E-state index in [1.165, 1.54) is 42.5 Å². The van der Waals surface area contributed by atoms with Gasteiger partial charge in [-0.15, -0.1) is 0 Å². The molecule has 0 spiro atoms. The van der Waals surface area contributed by atoms with Gasteiger partial charge in [0.2, 0.25) is 0 Å². The molecule has 0 saturated carbocycles. The Labute approximate surface area is 217 Å². The SMILES string of the molecule is O=C(COC(=O)c1ccc(N2C(=O)c3ccc(C(=O)Oc4ccccc4)cc3C2=O)cc1)c1ccccc1. The molecule has 0 atom stereocenters. The zero-order valence-electron chi connectivity index (χ0n) is 19.8. The second-order valence-corrected chi connectivity index (χ2v) is 8.32. The van der Waals surface area contributed by atoms with E-state index in [1.54, 1.807) is 60.7 Å². The van der Waals surface area contributed by atoms with Crippen LogP contribution in [0, 0.1) is 0 Å². The summed E-state index contributed by atoms with van der Waals surface area (Å²) < 4.78 is 10.4. The summed E-state index contributed by atoms with van der Waals surface area (Å²) in [6, 6.07) is 26.8. The second kappa shape index (κ2) is 10.3. The highest BCUT2D eigenvalue weighted by atomic mass is 16.5. The summed E-state index contributed by atoms with van der Waals surface area (Å²) in [7, 11) is 0. The molecule has 8 nitrogen and oxygen atoms in total. The molecule has 0 aromatic heterocycles. The fourth-order valence-electron chi connectivity index (χ4n) is 3.93. The minimum Gasteiger partial charge on any atom is -0.454 e. The van der Waals surface area contributed by atoms with Crippen molar-refractivity contribution in [1.82, 2.24) is 0 Å². The first kappa shape index (κ1) is 24.3. The van der Waals surface area contributed by atoms with Crippen LogP contribution < -0.4 is 9.64 Å². The van der Waals surface area contributed by atoms with Crippen LogP contribution >= 0.6 is 0 Å². The smallest absolute Gasteiger partial charge is 0.343 e. The van der Waals surface area contributed by atoms with Gasteiger partial charge in [0.25, 0.3) is 11.8 Å². The summed E-state index contributed by atoms with van der Waals surface area (Å²) in [5, 5.41) is 0. The maximum Gasteiger partial charge on any atom is 0.343 e. The number of hydrogen-bond acceptors (Lipinski definition) is 7. The number of nitrogens with zero attached hydrogens (tertiary/aromatic N) is 1. The minimum atomic E-state index is -0.718. The molecule has 0 fully saturated rings. The van der Waals surface area contributed by atoms with Crippen LogP contribution in [0.5, 0.6) is 5.75 Å². The summed E-state index contributed by atoms with van der Waals surface area (Å²) in [5.41, 5.74) is 1.16. The number of amides is 2. The van der Waals surface area contributed by atoms with Gasteiger partial charge in [-0.05, 0) is 54.6 Å². The number of rotatable bonds is 7. The molecule has 4 aromatic carbocycles. The molecular weight excluding hydrogens is 486 g/mol. The average Bonchev–Trinajstić information content (AvgIpc) is 3.21. The van der Waals surface area contributed by atoms with E-state index in [9.17, 15) is 24.0 Å². The number of ether oxygens (including phenoxy) is 2. The highest BCUT2D eigenvalue weighted by Gasteiger charge is 2.37. The van der Waals surface area contributed by atoms with Crippen LogP contribution in [0.4, 0.5) is 5.69 Å². The quantitative estimate of drug-likeness (QED) is 0.154. The Kier molecular flexibility index (Phi) is 6.61. The lowest BCUT2D eigenvalue weighted by molar-refractivity contribution is 0.0474.